The smallest absolute Gasteiger partial charge is 0.217 e. The van der Waals surface area contributed by atoms with Crippen LogP contribution < -0.4 is 16.0 Å². The minimum absolute atomic E-state index is 0.208. The molecule has 1 aliphatic heterocycles. The Balaban J connectivity index is 1.67. The molecular weight excluding hydrogens is 238 g/mol. The van der Waals surface area contributed by atoms with Gasteiger partial charge >= 0.3 is 0 Å². The van der Waals surface area contributed by atoms with Crippen LogP contribution in [-0.2, 0) is 4.79 Å². The van der Waals surface area contributed by atoms with Gasteiger partial charge in [0.1, 0.15) is 0 Å². The van der Waals surface area contributed by atoms with E-state index in [1.807, 2.05) is 0 Å². The highest BCUT2D eigenvalue weighted by Crippen LogP contribution is 2.19. The van der Waals surface area contributed by atoms with Crippen molar-refractivity contribution in [2.45, 2.75) is 31.7 Å². The summed E-state index contributed by atoms with van der Waals surface area (Å²) in [7, 11) is 0. The van der Waals surface area contributed by atoms with Crippen molar-refractivity contribution in [3.63, 3.8) is 0 Å². The fourth-order valence-electron chi connectivity index (χ4n) is 2.55. The van der Waals surface area contributed by atoms with Crippen molar-refractivity contribution in [1.82, 2.24) is 5.32 Å². The van der Waals surface area contributed by atoms with Crippen LogP contribution in [0.15, 0.2) is 30.3 Å². The molecule has 19 heavy (non-hydrogen) atoms. The van der Waals surface area contributed by atoms with E-state index in [2.05, 4.69) is 40.5 Å². The van der Waals surface area contributed by atoms with Crippen LogP contribution in [0.3, 0.4) is 0 Å². The molecule has 1 amide bonds. The molecule has 0 aromatic heterocycles. The topological polar surface area (TPSA) is 58.4 Å². The van der Waals surface area contributed by atoms with Crippen molar-refractivity contribution in [2.24, 2.45) is 5.73 Å². The molecule has 3 N–H and O–H groups in total. The predicted octanol–water partition coefficient (Wildman–Crippen LogP) is 1.51. The van der Waals surface area contributed by atoms with Crippen LogP contribution in [0.5, 0.6) is 0 Å². The van der Waals surface area contributed by atoms with Gasteiger partial charge in [-0.1, -0.05) is 18.2 Å². The van der Waals surface area contributed by atoms with Gasteiger partial charge in [0, 0.05) is 31.2 Å². The fourth-order valence-corrected chi connectivity index (χ4v) is 2.55. The molecule has 4 heteroatoms. The van der Waals surface area contributed by atoms with Gasteiger partial charge in [-0.2, -0.15) is 0 Å². The van der Waals surface area contributed by atoms with Gasteiger partial charge < -0.3 is 16.0 Å². The Bertz CT molecular complexity index is 386. The van der Waals surface area contributed by atoms with Gasteiger partial charge in [0.25, 0.3) is 0 Å². The number of hydrogen-bond donors (Lipinski definition) is 2. The average Bonchev–Trinajstić information content (AvgIpc) is 2.45. The number of benzene rings is 1. The number of nitrogens with zero attached hydrogens (tertiary/aromatic N) is 1. The van der Waals surface area contributed by atoms with E-state index in [0.29, 0.717) is 12.5 Å². The molecule has 0 atom stereocenters. The van der Waals surface area contributed by atoms with Crippen LogP contribution in [-0.4, -0.2) is 31.6 Å². The predicted molar refractivity (Wildman–Crippen MR) is 78.1 cm³/mol. The first kappa shape index (κ1) is 13.9. The number of rotatable bonds is 6. The molecule has 104 valence electrons. The van der Waals surface area contributed by atoms with Crippen LogP contribution in [0, 0.1) is 0 Å². The molecule has 0 saturated carbocycles. The third kappa shape index (κ3) is 4.56. The van der Waals surface area contributed by atoms with Crippen LogP contribution in [0.1, 0.15) is 25.7 Å². The molecule has 1 aliphatic rings. The van der Waals surface area contributed by atoms with E-state index in [-0.39, 0.29) is 5.91 Å². The number of primary amides is 1. The van der Waals surface area contributed by atoms with E-state index in [4.69, 9.17) is 5.73 Å². The molecule has 1 aromatic rings. The van der Waals surface area contributed by atoms with Gasteiger partial charge in [-0.25, -0.2) is 0 Å². The van der Waals surface area contributed by atoms with Crippen molar-refractivity contribution < 1.29 is 4.79 Å². The summed E-state index contributed by atoms with van der Waals surface area (Å²) < 4.78 is 0. The number of para-hydroxylation sites is 1. The Morgan fingerprint density at radius 1 is 1.26 bits per heavy atom. The number of anilines is 1. The lowest BCUT2D eigenvalue weighted by Crippen LogP contribution is -2.42. The lowest BCUT2D eigenvalue weighted by atomic mass is 10.0. The molecule has 0 aliphatic carbocycles. The van der Waals surface area contributed by atoms with Crippen molar-refractivity contribution in [3.8, 4) is 0 Å². The van der Waals surface area contributed by atoms with Crippen LogP contribution in [0.25, 0.3) is 0 Å². The van der Waals surface area contributed by atoms with Crippen LogP contribution >= 0.6 is 0 Å². The maximum Gasteiger partial charge on any atom is 0.217 e. The molecule has 0 unspecified atom stereocenters. The zero-order valence-electron chi connectivity index (χ0n) is 11.3. The number of nitrogens with one attached hydrogen (secondary N) is 1. The van der Waals surface area contributed by atoms with Gasteiger partial charge in [-0.05, 0) is 37.9 Å². The van der Waals surface area contributed by atoms with Crippen molar-refractivity contribution >= 4 is 11.6 Å². The molecule has 1 heterocycles. The van der Waals surface area contributed by atoms with E-state index >= 15 is 0 Å². The Labute approximate surface area is 115 Å². The first-order valence-corrected chi connectivity index (χ1v) is 7.07. The largest absolute Gasteiger partial charge is 0.371 e. The quantitative estimate of drug-likeness (QED) is 0.763. The third-order valence-electron chi connectivity index (χ3n) is 3.65. The summed E-state index contributed by atoms with van der Waals surface area (Å²) >= 11 is 0. The maximum absolute atomic E-state index is 10.6. The Hall–Kier alpha value is -1.55. The second-order valence-electron chi connectivity index (χ2n) is 5.12. The SMILES string of the molecule is NC(=O)CCCNC1CCN(c2ccccc2)CC1. The monoisotopic (exact) mass is 261 g/mol. The number of nitrogens with two attached hydrogens (primary N) is 1. The van der Waals surface area contributed by atoms with Crippen molar-refractivity contribution in [2.75, 3.05) is 24.5 Å². The first-order chi connectivity index (χ1) is 9.25. The maximum atomic E-state index is 10.6. The second-order valence-corrected chi connectivity index (χ2v) is 5.12. The number of piperidine rings is 1. The van der Waals surface area contributed by atoms with Crippen LogP contribution in [0.4, 0.5) is 5.69 Å². The molecular formula is C15H23N3O. The van der Waals surface area contributed by atoms with Crippen LogP contribution in [0.2, 0.25) is 0 Å². The highest BCUT2D eigenvalue weighted by atomic mass is 16.1. The highest BCUT2D eigenvalue weighted by Gasteiger charge is 2.18. The van der Waals surface area contributed by atoms with E-state index in [9.17, 15) is 4.79 Å². The number of amides is 1. The van der Waals surface area contributed by atoms with Gasteiger partial charge in [0.05, 0.1) is 0 Å². The molecule has 1 fully saturated rings. The summed E-state index contributed by atoms with van der Waals surface area (Å²) in [6.45, 7) is 3.08. The summed E-state index contributed by atoms with van der Waals surface area (Å²) in [5.74, 6) is -0.208. The van der Waals surface area contributed by atoms with Gasteiger partial charge in [0.2, 0.25) is 5.91 Å². The molecule has 1 saturated heterocycles. The average molecular weight is 261 g/mol. The minimum atomic E-state index is -0.208. The van der Waals surface area contributed by atoms with E-state index < -0.39 is 0 Å². The Morgan fingerprint density at radius 3 is 2.58 bits per heavy atom. The zero-order chi connectivity index (χ0) is 13.5. The number of hydrogen-bond acceptors (Lipinski definition) is 3. The van der Waals surface area contributed by atoms with E-state index in [1.165, 1.54) is 5.69 Å². The summed E-state index contributed by atoms with van der Waals surface area (Å²) in [6.07, 6.45) is 3.64. The molecule has 0 spiro atoms. The number of carbonyl (C=O) groups excluding carboxylic acids is 1. The van der Waals surface area contributed by atoms with E-state index in [1.54, 1.807) is 0 Å². The standard InChI is InChI=1S/C15H23N3O/c16-15(19)7-4-10-17-13-8-11-18(12-9-13)14-5-2-1-3-6-14/h1-3,5-6,13,17H,4,7-12H2,(H2,16,19). The molecule has 4 nitrogen and oxygen atoms in total. The van der Waals surface area contributed by atoms with Gasteiger partial charge in [0.15, 0.2) is 0 Å². The summed E-state index contributed by atoms with van der Waals surface area (Å²) in [6, 6.07) is 11.1. The van der Waals surface area contributed by atoms with Gasteiger partial charge in [-0.15, -0.1) is 0 Å². The first-order valence-electron chi connectivity index (χ1n) is 7.07. The third-order valence-corrected chi connectivity index (χ3v) is 3.65. The Kier molecular flexibility index (Phi) is 5.21. The fraction of sp³-hybridized carbons (Fsp3) is 0.533. The summed E-state index contributed by atoms with van der Waals surface area (Å²) in [5, 5.41) is 3.51. The summed E-state index contributed by atoms with van der Waals surface area (Å²) in [4.78, 5) is 13.1. The van der Waals surface area contributed by atoms with E-state index in [0.717, 1.165) is 38.9 Å². The minimum Gasteiger partial charge on any atom is -0.371 e. The molecule has 2 rings (SSSR count). The lowest BCUT2D eigenvalue weighted by molar-refractivity contribution is -0.118. The molecule has 0 bridgehead atoms. The normalized spacial score (nSPS) is 16.5. The molecule has 1 aromatic carbocycles. The Morgan fingerprint density at radius 2 is 1.95 bits per heavy atom. The number of carbonyl (C=O) groups is 1. The zero-order valence-corrected chi connectivity index (χ0v) is 11.3. The lowest BCUT2D eigenvalue weighted by Gasteiger charge is -2.34. The van der Waals surface area contributed by atoms with Gasteiger partial charge in [-0.3, -0.25) is 4.79 Å². The van der Waals surface area contributed by atoms with Crippen molar-refractivity contribution in [1.29, 1.82) is 0 Å². The highest BCUT2D eigenvalue weighted by molar-refractivity contribution is 5.73. The van der Waals surface area contributed by atoms with Crippen molar-refractivity contribution in [3.05, 3.63) is 30.3 Å². The second kappa shape index (κ2) is 7.14. The summed E-state index contributed by atoms with van der Waals surface area (Å²) in [5.41, 5.74) is 6.44. The molecule has 0 radical (unpaired) electrons.